The SMILES string of the molecule is COc1cccc(CN2CC(c3nc(-c4ccccc4C)no3)CC2=O)c1. The van der Waals surface area contributed by atoms with Gasteiger partial charge in [-0.3, -0.25) is 4.79 Å². The minimum absolute atomic E-state index is 0.0756. The van der Waals surface area contributed by atoms with Crippen LogP contribution in [-0.4, -0.2) is 34.6 Å². The van der Waals surface area contributed by atoms with E-state index in [1.807, 2.05) is 60.4 Å². The molecule has 1 aliphatic heterocycles. The zero-order chi connectivity index (χ0) is 18.8. The average Bonchev–Trinajstić information content (AvgIpc) is 3.30. The molecule has 4 rings (SSSR count). The number of methoxy groups -OCH3 is 1. The summed E-state index contributed by atoms with van der Waals surface area (Å²) in [6.07, 6.45) is 0.388. The van der Waals surface area contributed by atoms with Gasteiger partial charge < -0.3 is 14.2 Å². The fraction of sp³-hybridized carbons (Fsp3) is 0.286. The van der Waals surface area contributed by atoms with Crippen molar-refractivity contribution in [1.82, 2.24) is 15.0 Å². The number of nitrogens with zero attached hydrogens (tertiary/aromatic N) is 3. The molecule has 0 aliphatic carbocycles. The van der Waals surface area contributed by atoms with E-state index in [1.54, 1.807) is 7.11 Å². The van der Waals surface area contributed by atoms with Crippen molar-refractivity contribution in [3.63, 3.8) is 0 Å². The smallest absolute Gasteiger partial charge is 0.232 e. The highest BCUT2D eigenvalue weighted by atomic mass is 16.5. The number of aromatic nitrogens is 2. The van der Waals surface area contributed by atoms with Gasteiger partial charge in [0.05, 0.1) is 13.0 Å². The van der Waals surface area contributed by atoms with Crippen LogP contribution in [0.1, 0.15) is 29.4 Å². The number of rotatable bonds is 5. The Kier molecular flexibility index (Phi) is 4.62. The lowest BCUT2D eigenvalue weighted by atomic mass is 10.1. The topological polar surface area (TPSA) is 68.5 Å². The minimum atomic E-state index is -0.0756. The molecule has 1 amide bonds. The number of amides is 1. The Morgan fingerprint density at radius 2 is 2.07 bits per heavy atom. The summed E-state index contributed by atoms with van der Waals surface area (Å²) < 4.78 is 10.7. The Balaban J connectivity index is 1.49. The van der Waals surface area contributed by atoms with Crippen molar-refractivity contribution in [2.45, 2.75) is 25.8 Å². The van der Waals surface area contributed by atoms with Crippen LogP contribution < -0.4 is 4.74 Å². The number of carbonyl (C=O) groups is 1. The first-order valence-corrected chi connectivity index (χ1v) is 8.94. The van der Waals surface area contributed by atoms with Crippen molar-refractivity contribution in [2.75, 3.05) is 13.7 Å². The lowest BCUT2D eigenvalue weighted by molar-refractivity contribution is -0.128. The first-order valence-electron chi connectivity index (χ1n) is 8.94. The number of benzene rings is 2. The first kappa shape index (κ1) is 17.3. The van der Waals surface area contributed by atoms with E-state index in [0.29, 0.717) is 31.2 Å². The molecule has 6 nitrogen and oxygen atoms in total. The van der Waals surface area contributed by atoms with Gasteiger partial charge >= 0.3 is 0 Å². The van der Waals surface area contributed by atoms with Gasteiger partial charge in [0.1, 0.15) is 5.75 Å². The molecule has 6 heteroatoms. The quantitative estimate of drug-likeness (QED) is 0.693. The molecule has 1 aromatic heterocycles. The molecule has 1 fully saturated rings. The monoisotopic (exact) mass is 363 g/mol. The Morgan fingerprint density at radius 1 is 1.22 bits per heavy atom. The number of hydrogen-bond acceptors (Lipinski definition) is 5. The molecule has 2 aromatic carbocycles. The summed E-state index contributed by atoms with van der Waals surface area (Å²) in [7, 11) is 1.64. The van der Waals surface area contributed by atoms with Crippen LogP contribution in [0.5, 0.6) is 5.75 Å². The standard InChI is InChI=1S/C21H21N3O3/c1-14-6-3-4-9-18(14)20-22-21(27-23-20)16-11-19(25)24(13-16)12-15-7-5-8-17(10-15)26-2/h3-10,16H,11-13H2,1-2H3. The van der Waals surface area contributed by atoms with Crippen molar-refractivity contribution in [1.29, 1.82) is 0 Å². The third-order valence-electron chi connectivity index (χ3n) is 4.90. The van der Waals surface area contributed by atoms with Crippen molar-refractivity contribution in [2.24, 2.45) is 0 Å². The third kappa shape index (κ3) is 3.56. The number of hydrogen-bond donors (Lipinski definition) is 0. The lowest BCUT2D eigenvalue weighted by Gasteiger charge is -2.16. The largest absolute Gasteiger partial charge is 0.497 e. The summed E-state index contributed by atoms with van der Waals surface area (Å²) in [4.78, 5) is 18.8. The molecular formula is C21H21N3O3. The maximum absolute atomic E-state index is 12.5. The van der Waals surface area contributed by atoms with Crippen LogP contribution in [0.25, 0.3) is 11.4 Å². The summed E-state index contributed by atoms with van der Waals surface area (Å²) in [5, 5.41) is 4.12. The summed E-state index contributed by atoms with van der Waals surface area (Å²) in [6.45, 7) is 3.14. The van der Waals surface area contributed by atoms with Crippen molar-refractivity contribution >= 4 is 5.91 Å². The van der Waals surface area contributed by atoms with Gasteiger partial charge in [-0.15, -0.1) is 0 Å². The highest BCUT2D eigenvalue weighted by Crippen LogP contribution is 2.30. The molecular weight excluding hydrogens is 342 g/mol. The molecule has 0 spiro atoms. The maximum atomic E-state index is 12.5. The Hall–Kier alpha value is -3.15. The molecule has 1 atom stereocenters. The Bertz CT molecular complexity index is 967. The van der Waals surface area contributed by atoms with Crippen LogP contribution in [0.15, 0.2) is 53.1 Å². The predicted molar refractivity (Wildman–Crippen MR) is 100 cm³/mol. The van der Waals surface area contributed by atoms with Gasteiger partial charge in [-0.2, -0.15) is 4.98 Å². The van der Waals surface area contributed by atoms with E-state index < -0.39 is 0 Å². The molecule has 0 saturated carbocycles. The van der Waals surface area contributed by atoms with E-state index >= 15 is 0 Å². The fourth-order valence-electron chi connectivity index (χ4n) is 3.42. The highest BCUT2D eigenvalue weighted by molar-refractivity contribution is 5.79. The van der Waals surface area contributed by atoms with Crippen molar-refractivity contribution < 1.29 is 14.1 Å². The average molecular weight is 363 g/mol. The summed E-state index contributed by atoms with van der Waals surface area (Å²) in [5.74, 6) is 1.90. The highest BCUT2D eigenvalue weighted by Gasteiger charge is 2.34. The van der Waals surface area contributed by atoms with Crippen LogP contribution in [0.2, 0.25) is 0 Å². The molecule has 0 radical (unpaired) electrons. The second kappa shape index (κ2) is 7.23. The molecule has 138 valence electrons. The van der Waals surface area contributed by atoms with E-state index in [2.05, 4.69) is 10.1 Å². The van der Waals surface area contributed by atoms with E-state index in [4.69, 9.17) is 9.26 Å². The van der Waals surface area contributed by atoms with E-state index in [-0.39, 0.29) is 11.8 Å². The van der Waals surface area contributed by atoms with Gasteiger partial charge in [-0.1, -0.05) is 41.6 Å². The van der Waals surface area contributed by atoms with E-state index in [9.17, 15) is 4.79 Å². The second-order valence-corrected chi connectivity index (χ2v) is 6.80. The zero-order valence-electron chi connectivity index (χ0n) is 15.4. The van der Waals surface area contributed by atoms with Gasteiger partial charge in [0.2, 0.25) is 17.6 Å². The van der Waals surface area contributed by atoms with Crippen LogP contribution in [0, 0.1) is 6.92 Å². The summed E-state index contributed by atoms with van der Waals surface area (Å²) in [6, 6.07) is 15.7. The summed E-state index contributed by atoms with van der Waals surface area (Å²) in [5.41, 5.74) is 3.08. The van der Waals surface area contributed by atoms with Gasteiger partial charge in [0.15, 0.2) is 0 Å². The number of aryl methyl sites for hydroxylation is 1. The van der Waals surface area contributed by atoms with Crippen LogP contribution in [-0.2, 0) is 11.3 Å². The maximum Gasteiger partial charge on any atom is 0.232 e. The van der Waals surface area contributed by atoms with E-state index in [1.165, 1.54) is 0 Å². The van der Waals surface area contributed by atoms with Gasteiger partial charge in [-0.25, -0.2) is 0 Å². The van der Waals surface area contributed by atoms with Crippen molar-refractivity contribution in [3.8, 4) is 17.1 Å². The molecule has 1 unspecified atom stereocenters. The van der Waals surface area contributed by atoms with Crippen molar-refractivity contribution in [3.05, 3.63) is 65.5 Å². The van der Waals surface area contributed by atoms with Gasteiger partial charge in [0, 0.05) is 25.1 Å². The van der Waals surface area contributed by atoms with Crippen LogP contribution in [0.3, 0.4) is 0 Å². The molecule has 2 heterocycles. The normalized spacial score (nSPS) is 16.7. The second-order valence-electron chi connectivity index (χ2n) is 6.80. The molecule has 1 saturated heterocycles. The number of ether oxygens (including phenoxy) is 1. The lowest BCUT2D eigenvalue weighted by Crippen LogP contribution is -2.24. The minimum Gasteiger partial charge on any atom is -0.497 e. The molecule has 0 bridgehead atoms. The Labute approximate surface area is 157 Å². The summed E-state index contributed by atoms with van der Waals surface area (Å²) >= 11 is 0. The molecule has 1 aliphatic rings. The zero-order valence-corrected chi connectivity index (χ0v) is 15.4. The van der Waals surface area contributed by atoms with Crippen LogP contribution in [0.4, 0.5) is 0 Å². The molecule has 3 aromatic rings. The van der Waals surface area contributed by atoms with Gasteiger partial charge in [-0.05, 0) is 30.2 Å². The molecule has 27 heavy (non-hydrogen) atoms. The number of carbonyl (C=O) groups excluding carboxylic acids is 1. The first-order chi connectivity index (χ1) is 13.1. The Morgan fingerprint density at radius 3 is 2.89 bits per heavy atom. The van der Waals surface area contributed by atoms with Crippen LogP contribution >= 0.6 is 0 Å². The van der Waals surface area contributed by atoms with E-state index in [0.717, 1.165) is 22.4 Å². The fourth-order valence-corrected chi connectivity index (χ4v) is 3.42. The number of likely N-dealkylation sites (tertiary alicyclic amines) is 1. The third-order valence-corrected chi connectivity index (χ3v) is 4.90. The molecule has 0 N–H and O–H groups in total. The predicted octanol–water partition coefficient (Wildman–Crippen LogP) is 3.57. The van der Waals surface area contributed by atoms with Gasteiger partial charge in [0.25, 0.3) is 0 Å².